The molecule has 78 valence electrons. The zero-order valence-corrected chi connectivity index (χ0v) is 9.10. The van der Waals surface area contributed by atoms with Crippen LogP contribution in [0.15, 0.2) is 5.38 Å². The van der Waals surface area contributed by atoms with E-state index in [2.05, 4.69) is 10.3 Å². The lowest BCUT2D eigenvalue weighted by molar-refractivity contribution is -0.116. The van der Waals surface area contributed by atoms with Gasteiger partial charge in [0.15, 0.2) is 5.13 Å². The molecular weight excluding hydrogens is 200 g/mol. The van der Waals surface area contributed by atoms with Crippen LogP contribution in [-0.2, 0) is 4.79 Å². The summed E-state index contributed by atoms with van der Waals surface area (Å²) in [4.78, 5) is 15.4. The number of aryl methyl sites for hydroxylation is 1. The highest BCUT2D eigenvalue weighted by Crippen LogP contribution is 2.14. The Balaban J connectivity index is 2.34. The van der Waals surface area contributed by atoms with Crippen LogP contribution in [0, 0.1) is 6.92 Å². The normalized spacial score (nSPS) is 12.5. The average molecular weight is 214 g/mol. The molecule has 1 atom stereocenters. The average Bonchev–Trinajstić information content (AvgIpc) is 2.48. The number of aliphatic hydroxyl groups excluding tert-OH is 1. The zero-order chi connectivity index (χ0) is 10.6. The van der Waals surface area contributed by atoms with Gasteiger partial charge in [0.2, 0.25) is 5.91 Å². The number of thiazole rings is 1. The van der Waals surface area contributed by atoms with Crippen LogP contribution >= 0.6 is 11.3 Å². The van der Waals surface area contributed by atoms with Crippen molar-refractivity contribution in [2.75, 3.05) is 5.32 Å². The van der Waals surface area contributed by atoms with Crippen LogP contribution in [0.1, 0.15) is 25.5 Å². The van der Waals surface area contributed by atoms with E-state index >= 15 is 0 Å². The number of hydrogen-bond donors (Lipinski definition) is 2. The van der Waals surface area contributed by atoms with E-state index < -0.39 is 6.10 Å². The summed E-state index contributed by atoms with van der Waals surface area (Å²) >= 11 is 1.41. The molecule has 1 aromatic rings. The van der Waals surface area contributed by atoms with Gasteiger partial charge in [-0.2, -0.15) is 0 Å². The minimum atomic E-state index is -0.432. The number of nitrogens with zero attached hydrogens (tertiary/aromatic N) is 1. The molecule has 0 radical (unpaired) electrons. The van der Waals surface area contributed by atoms with Gasteiger partial charge in [-0.1, -0.05) is 0 Å². The van der Waals surface area contributed by atoms with Crippen LogP contribution in [0.3, 0.4) is 0 Å². The minimum absolute atomic E-state index is 0.0970. The number of anilines is 1. The Morgan fingerprint density at radius 1 is 1.79 bits per heavy atom. The number of carbonyl (C=O) groups excluding carboxylic acids is 1. The molecular formula is C9H14N2O2S. The van der Waals surface area contributed by atoms with Crippen LogP contribution < -0.4 is 5.32 Å². The van der Waals surface area contributed by atoms with Gasteiger partial charge in [0.25, 0.3) is 0 Å². The van der Waals surface area contributed by atoms with Gasteiger partial charge in [0.05, 0.1) is 11.8 Å². The van der Waals surface area contributed by atoms with E-state index in [-0.39, 0.29) is 5.91 Å². The van der Waals surface area contributed by atoms with Crippen molar-refractivity contribution in [2.24, 2.45) is 0 Å². The lowest BCUT2D eigenvalue weighted by Crippen LogP contribution is -2.13. The summed E-state index contributed by atoms with van der Waals surface area (Å²) < 4.78 is 0. The summed E-state index contributed by atoms with van der Waals surface area (Å²) in [7, 11) is 0. The summed E-state index contributed by atoms with van der Waals surface area (Å²) in [6.07, 6.45) is 0.380. The monoisotopic (exact) mass is 214 g/mol. The number of rotatable bonds is 4. The second kappa shape index (κ2) is 5.07. The molecule has 2 N–H and O–H groups in total. The molecule has 4 nitrogen and oxygen atoms in total. The fourth-order valence-electron chi connectivity index (χ4n) is 0.933. The van der Waals surface area contributed by atoms with Crippen molar-refractivity contribution in [1.82, 2.24) is 4.98 Å². The maximum absolute atomic E-state index is 11.3. The standard InChI is InChI=1S/C9H14N2O2S/c1-6-5-14-9(10-6)11-8(13)4-3-7(2)12/h5,7,12H,3-4H2,1-2H3,(H,10,11,13). The van der Waals surface area contributed by atoms with Gasteiger partial charge in [0, 0.05) is 11.8 Å². The Morgan fingerprint density at radius 2 is 2.50 bits per heavy atom. The van der Waals surface area contributed by atoms with E-state index in [4.69, 9.17) is 5.11 Å². The van der Waals surface area contributed by atoms with Crippen molar-refractivity contribution in [3.05, 3.63) is 11.1 Å². The third-order valence-corrected chi connectivity index (χ3v) is 2.53. The highest BCUT2D eigenvalue weighted by molar-refractivity contribution is 7.13. The van der Waals surface area contributed by atoms with Crippen molar-refractivity contribution >= 4 is 22.4 Å². The van der Waals surface area contributed by atoms with E-state index in [9.17, 15) is 4.79 Å². The van der Waals surface area contributed by atoms with Crippen LogP contribution in [0.4, 0.5) is 5.13 Å². The van der Waals surface area contributed by atoms with Crippen molar-refractivity contribution in [3.63, 3.8) is 0 Å². The molecule has 0 aliphatic rings. The second-order valence-corrected chi connectivity index (χ2v) is 4.09. The van der Waals surface area contributed by atoms with Gasteiger partial charge >= 0.3 is 0 Å². The van der Waals surface area contributed by atoms with E-state index in [0.29, 0.717) is 18.0 Å². The molecule has 0 saturated heterocycles. The number of amides is 1. The Morgan fingerprint density at radius 3 is 3.00 bits per heavy atom. The minimum Gasteiger partial charge on any atom is -0.393 e. The zero-order valence-electron chi connectivity index (χ0n) is 8.28. The number of aromatic nitrogens is 1. The predicted octanol–water partition coefficient (Wildman–Crippen LogP) is 1.55. The maximum Gasteiger partial charge on any atom is 0.226 e. The number of aliphatic hydroxyl groups is 1. The van der Waals surface area contributed by atoms with Crippen LogP contribution in [0.5, 0.6) is 0 Å². The molecule has 0 spiro atoms. The summed E-state index contributed by atoms with van der Waals surface area (Å²) in [5.41, 5.74) is 0.904. The highest BCUT2D eigenvalue weighted by atomic mass is 32.1. The molecule has 0 aromatic carbocycles. The molecule has 0 aliphatic heterocycles. The summed E-state index contributed by atoms with van der Waals surface area (Å²) in [5, 5.41) is 14.2. The Labute approximate surface area is 87.0 Å². The van der Waals surface area contributed by atoms with Gasteiger partial charge in [-0.05, 0) is 20.3 Å². The van der Waals surface area contributed by atoms with Crippen LogP contribution in [0.2, 0.25) is 0 Å². The fraction of sp³-hybridized carbons (Fsp3) is 0.556. The second-order valence-electron chi connectivity index (χ2n) is 3.23. The molecule has 1 unspecified atom stereocenters. The van der Waals surface area contributed by atoms with Crippen molar-refractivity contribution in [2.45, 2.75) is 32.8 Å². The van der Waals surface area contributed by atoms with E-state index in [1.807, 2.05) is 12.3 Å². The largest absolute Gasteiger partial charge is 0.393 e. The molecule has 0 saturated carbocycles. The third-order valence-electron chi connectivity index (χ3n) is 1.65. The molecule has 5 heteroatoms. The van der Waals surface area contributed by atoms with Gasteiger partial charge in [-0.3, -0.25) is 4.79 Å². The van der Waals surface area contributed by atoms with Crippen LogP contribution in [0.25, 0.3) is 0 Å². The Hall–Kier alpha value is -0.940. The molecule has 0 fully saturated rings. The van der Waals surface area contributed by atoms with E-state index in [0.717, 1.165) is 5.69 Å². The van der Waals surface area contributed by atoms with Gasteiger partial charge in [0.1, 0.15) is 0 Å². The predicted molar refractivity (Wildman–Crippen MR) is 56.4 cm³/mol. The summed E-state index contributed by atoms with van der Waals surface area (Å²) in [6.45, 7) is 3.54. The van der Waals surface area contributed by atoms with Crippen molar-refractivity contribution < 1.29 is 9.90 Å². The van der Waals surface area contributed by atoms with Gasteiger partial charge in [-0.25, -0.2) is 4.98 Å². The molecule has 1 amide bonds. The Bertz CT molecular complexity index is 310. The first-order valence-corrected chi connectivity index (χ1v) is 5.36. The van der Waals surface area contributed by atoms with E-state index in [1.165, 1.54) is 11.3 Å². The quantitative estimate of drug-likeness (QED) is 0.799. The molecule has 0 bridgehead atoms. The van der Waals surface area contributed by atoms with Gasteiger partial charge < -0.3 is 10.4 Å². The van der Waals surface area contributed by atoms with E-state index in [1.54, 1.807) is 6.92 Å². The molecule has 14 heavy (non-hydrogen) atoms. The maximum atomic E-state index is 11.3. The smallest absolute Gasteiger partial charge is 0.226 e. The first kappa shape index (κ1) is 11.1. The van der Waals surface area contributed by atoms with Crippen molar-refractivity contribution in [1.29, 1.82) is 0 Å². The molecule has 1 rings (SSSR count). The molecule has 0 aliphatic carbocycles. The summed E-state index contributed by atoms with van der Waals surface area (Å²) in [5.74, 6) is -0.0970. The highest BCUT2D eigenvalue weighted by Gasteiger charge is 2.06. The molecule has 1 heterocycles. The van der Waals surface area contributed by atoms with Gasteiger partial charge in [-0.15, -0.1) is 11.3 Å². The number of hydrogen-bond acceptors (Lipinski definition) is 4. The number of nitrogens with one attached hydrogen (secondary N) is 1. The SMILES string of the molecule is Cc1csc(NC(=O)CCC(C)O)n1. The van der Waals surface area contributed by atoms with Crippen LogP contribution in [-0.4, -0.2) is 22.1 Å². The molecule has 1 aromatic heterocycles. The lowest BCUT2D eigenvalue weighted by Gasteiger charge is -2.03. The lowest BCUT2D eigenvalue weighted by atomic mass is 10.2. The summed E-state index contributed by atoms with van der Waals surface area (Å²) in [6, 6.07) is 0. The topological polar surface area (TPSA) is 62.2 Å². The van der Waals surface area contributed by atoms with Crippen molar-refractivity contribution in [3.8, 4) is 0 Å². The first-order valence-electron chi connectivity index (χ1n) is 4.48. The first-order chi connectivity index (χ1) is 6.58. The third kappa shape index (κ3) is 3.85. The fourth-order valence-corrected chi connectivity index (χ4v) is 1.64. The Kier molecular flexibility index (Phi) is 4.03. The number of carbonyl (C=O) groups is 1.